The molecule has 0 aliphatic heterocycles. The van der Waals surface area contributed by atoms with Gasteiger partial charge in [0.25, 0.3) is 5.69 Å². The van der Waals surface area contributed by atoms with Crippen LogP contribution >= 0.6 is 23.2 Å². The molecule has 0 aliphatic rings. The van der Waals surface area contributed by atoms with Crippen LogP contribution in [0.3, 0.4) is 0 Å². The van der Waals surface area contributed by atoms with E-state index in [1.54, 1.807) is 18.2 Å². The zero-order chi connectivity index (χ0) is 14.7. The second-order valence-electron chi connectivity index (χ2n) is 4.24. The number of halogens is 2. The van der Waals surface area contributed by atoms with Crippen molar-refractivity contribution in [1.82, 2.24) is 4.98 Å². The molecular weight excluding hydrogens is 301 g/mol. The Labute approximate surface area is 125 Å². The molecule has 0 spiro atoms. The molecule has 0 radical (unpaired) electrons. The normalized spacial score (nSPS) is 10.3. The molecule has 2 aromatic rings. The van der Waals surface area contributed by atoms with Crippen LogP contribution in [-0.2, 0) is 6.54 Å². The molecule has 0 fully saturated rings. The number of hydrogen-bond acceptors (Lipinski definition) is 4. The minimum Gasteiger partial charge on any atom is -0.355 e. The van der Waals surface area contributed by atoms with Crippen LogP contribution in [0.1, 0.15) is 5.56 Å². The van der Waals surface area contributed by atoms with Crippen LogP contribution in [0.2, 0.25) is 10.0 Å². The van der Waals surface area contributed by atoms with Gasteiger partial charge in [-0.15, -0.1) is 0 Å². The van der Waals surface area contributed by atoms with E-state index in [1.165, 1.54) is 12.3 Å². The molecule has 0 amide bonds. The van der Waals surface area contributed by atoms with Crippen LogP contribution in [0.15, 0.2) is 36.5 Å². The molecular formula is C13H11Cl2N3O2. The Balaban J connectivity index is 2.12. The van der Waals surface area contributed by atoms with Crippen LogP contribution < -0.4 is 4.90 Å². The van der Waals surface area contributed by atoms with Crippen LogP contribution in [-0.4, -0.2) is 17.0 Å². The number of benzene rings is 1. The van der Waals surface area contributed by atoms with Crippen molar-refractivity contribution in [2.24, 2.45) is 0 Å². The lowest BCUT2D eigenvalue weighted by Gasteiger charge is -2.18. The molecule has 0 N–H and O–H groups in total. The zero-order valence-electron chi connectivity index (χ0n) is 10.6. The van der Waals surface area contributed by atoms with E-state index in [2.05, 4.69) is 4.98 Å². The Morgan fingerprint density at radius 3 is 2.55 bits per heavy atom. The third kappa shape index (κ3) is 3.37. The molecule has 5 nitrogen and oxygen atoms in total. The monoisotopic (exact) mass is 311 g/mol. The summed E-state index contributed by atoms with van der Waals surface area (Å²) in [7, 11) is 1.84. The SMILES string of the molecule is CN(Cc1ccc(Cl)c(Cl)c1)c1ccc([N+](=O)[O-])cn1. The third-order valence-corrected chi connectivity index (χ3v) is 3.48. The maximum atomic E-state index is 10.6. The van der Waals surface area contributed by atoms with Crippen molar-refractivity contribution in [3.05, 3.63) is 62.3 Å². The number of nitro groups is 1. The summed E-state index contributed by atoms with van der Waals surface area (Å²) >= 11 is 11.8. The fourth-order valence-electron chi connectivity index (χ4n) is 1.70. The summed E-state index contributed by atoms with van der Waals surface area (Å²) in [4.78, 5) is 16.0. The Kier molecular flexibility index (Phi) is 4.42. The van der Waals surface area contributed by atoms with E-state index in [1.807, 2.05) is 18.0 Å². The Morgan fingerprint density at radius 1 is 1.25 bits per heavy atom. The molecule has 1 heterocycles. The molecule has 104 valence electrons. The fraction of sp³-hybridized carbons (Fsp3) is 0.154. The molecule has 0 bridgehead atoms. The van der Waals surface area contributed by atoms with Crippen LogP contribution in [0, 0.1) is 10.1 Å². The third-order valence-electron chi connectivity index (χ3n) is 2.74. The van der Waals surface area contributed by atoms with Gasteiger partial charge in [0, 0.05) is 19.7 Å². The highest BCUT2D eigenvalue weighted by Gasteiger charge is 2.09. The lowest BCUT2D eigenvalue weighted by Crippen LogP contribution is -2.17. The van der Waals surface area contributed by atoms with Crippen LogP contribution in [0.4, 0.5) is 11.5 Å². The number of hydrogen-bond donors (Lipinski definition) is 0. The molecule has 0 saturated carbocycles. The quantitative estimate of drug-likeness (QED) is 0.634. The first-order valence-corrected chi connectivity index (χ1v) is 6.48. The van der Waals surface area contributed by atoms with E-state index in [0.717, 1.165) is 5.56 Å². The summed E-state index contributed by atoms with van der Waals surface area (Å²) in [6, 6.07) is 8.42. The molecule has 1 aromatic carbocycles. The second-order valence-corrected chi connectivity index (χ2v) is 5.05. The molecule has 0 saturated heterocycles. The summed E-state index contributed by atoms with van der Waals surface area (Å²) in [6.07, 6.45) is 1.24. The zero-order valence-corrected chi connectivity index (χ0v) is 12.1. The summed E-state index contributed by atoms with van der Waals surface area (Å²) in [6.45, 7) is 0.571. The Bertz CT molecular complexity index is 632. The largest absolute Gasteiger partial charge is 0.355 e. The van der Waals surface area contributed by atoms with Crippen molar-refractivity contribution >= 4 is 34.7 Å². The van der Waals surface area contributed by atoms with E-state index < -0.39 is 4.92 Å². The lowest BCUT2D eigenvalue weighted by atomic mass is 10.2. The van der Waals surface area contributed by atoms with Gasteiger partial charge in [0.2, 0.25) is 0 Å². The highest BCUT2D eigenvalue weighted by molar-refractivity contribution is 6.42. The number of pyridine rings is 1. The average molecular weight is 312 g/mol. The molecule has 0 aliphatic carbocycles. The standard InChI is InChI=1S/C13H11Cl2N3O2/c1-17(8-9-2-4-11(14)12(15)6-9)13-5-3-10(7-16-13)18(19)20/h2-7H,8H2,1H3. The van der Waals surface area contributed by atoms with Crippen LogP contribution in [0.25, 0.3) is 0 Å². The van der Waals surface area contributed by atoms with Crippen molar-refractivity contribution in [3.8, 4) is 0 Å². The average Bonchev–Trinajstić information content (AvgIpc) is 2.43. The van der Waals surface area contributed by atoms with E-state index in [-0.39, 0.29) is 5.69 Å². The smallest absolute Gasteiger partial charge is 0.287 e. The van der Waals surface area contributed by atoms with Crippen molar-refractivity contribution in [3.63, 3.8) is 0 Å². The van der Waals surface area contributed by atoms with Crippen molar-refractivity contribution < 1.29 is 4.92 Å². The van der Waals surface area contributed by atoms with Gasteiger partial charge in [0.1, 0.15) is 12.0 Å². The number of nitrogens with zero attached hydrogens (tertiary/aromatic N) is 3. The van der Waals surface area contributed by atoms with Gasteiger partial charge in [0.15, 0.2) is 0 Å². The van der Waals surface area contributed by atoms with Crippen molar-refractivity contribution in [1.29, 1.82) is 0 Å². The maximum absolute atomic E-state index is 10.6. The first kappa shape index (κ1) is 14.6. The molecule has 1 aromatic heterocycles. The van der Waals surface area contributed by atoms with Gasteiger partial charge >= 0.3 is 0 Å². The van der Waals surface area contributed by atoms with Gasteiger partial charge in [-0.25, -0.2) is 4.98 Å². The minimum atomic E-state index is -0.476. The molecule has 0 atom stereocenters. The highest BCUT2D eigenvalue weighted by Crippen LogP contribution is 2.24. The fourth-order valence-corrected chi connectivity index (χ4v) is 2.03. The predicted octanol–water partition coefficient (Wildman–Crippen LogP) is 3.93. The number of rotatable bonds is 4. The molecule has 7 heteroatoms. The Morgan fingerprint density at radius 2 is 2.00 bits per heavy atom. The van der Waals surface area contributed by atoms with E-state index in [0.29, 0.717) is 22.4 Å². The minimum absolute atomic E-state index is 0.0308. The number of aromatic nitrogens is 1. The number of anilines is 1. The predicted molar refractivity (Wildman–Crippen MR) is 79.5 cm³/mol. The van der Waals surface area contributed by atoms with Gasteiger partial charge in [-0.3, -0.25) is 10.1 Å². The lowest BCUT2D eigenvalue weighted by molar-refractivity contribution is -0.385. The van der Waals surface area contributed by atoms with Gasteiger partial charge in [-0.2, -0.15) is 0 Å². The van der Waals surface area contributed by atoms with E-state index >= 15 is 0 Å². The molecule has 20 heavy (non-hydrogen) atoms. The maximum Gasteiger partial charge on any atom is 0.287 e. The van der Waals surface area contributed by atoms with Gasteiger partial charge in [0.05, 0.1) is 15.0 Å². The van der Waals surface area contributed by atoms with Gasteiger partial charge in [-0.1, -0.05) is 29.3 Å². The summed E-state index contributed by atoms with van der Waals surface area (Å²) < 4.78 is 0. The van der Waals surface area contributed by atoms with Gasteiger partial charge < -0.3 is 4.90 Å². The second kappa shape index (κ2) is 6.07. The van der Waals surface area contributed by atoms with Crippen LogP contribution in [0.5, 0.6) is 0 Å². The Hall–Kier alpha value is -1.85. The summed E-state index contributed by atoms with van der Waals surface area (Å²) in [5.41, 5.74) is 0.943. The first-order chi connectivity index (χ1) is 9.47. The highest BCUT2D eigenvalue weighted by atomic mass is 35.5. The van der Waals surface area contributed by atoms with E-state index in [4.69, 9.17) is 23.2 Å². The topological polar surface area (TPSA) is 59.3 Å². The van der Waals surface area contributed by atoms with Crippen molar-refractivity contribution in [2.45, 2.75) is 6.54 Å². The van der Waals surface area contributed by atoms with E-state index in [9.17, 15) is 10.1 Å². The first-order valence-electron chi connectivity index (χ1n) is 5.73. The van der Waals surface area contributed by atoms with Gasteiger partial charge in [-0.05, 0) is 23.8 Å². The summed E-state index contributed by atoms with van der Waals surface area (Å²) in [5, 5.41) is 11.6. The summed E-state index contributed by atoms with van der Waals surface area (Å²) in [5.74, 6) is 0.640. The molecule has 0 unspecified atom stereocenters. The molecule has 2 rings (SSSR count). The van der Waals surface area contributed by atoms with Crippen molar-refractivity contribution in [2.75, 3.05) is 11.9 Å².